The molecule has 160 valence electrons. The number of allylic oxidation sites excluding steroid dienone is 1. The van der Waals surface area contributed by atoms with E-state index >= 15 is 0 Å². The van der Waals surface area contributed by atoms with Gasteiger partial charge in [0.15, 0.2) is 0 Å². The predicted molar refractivity (Wildman–Crippen MR) is 127 cm³/mol. The Kier molecular flexibility index (Phi) is 5.62. The zero-order valence-electron chi connectivity index (χ0n) is 18.6. The lowest BCUT2D eigenvalue weighted by Gasteiger charge is -2.42. The van der Waals surface area contributed by atoms with E-state index in [0.717, 1.165) is 53.3 Å². The second-order valence-electron chi connectivity index (χ2n) is 9.07. The van der Waals surface area contributed by atoms with Crippen molar-refractivity contribution in [2.24, 2.45) is 5.92 Å². The molecule has 2 atom stereocenters. The summed E-state index contributed by atoms with van der Waals surface area (Å²) in [5.74, 6) is 0.650. The highest BCUT2D eigenvalue weighted by atomic mass is 16.5. The molecule has 0 spiro atoms. The first-order chi connectivity index (χ1) is 14.8. The summed E-state index contributed by atoms with van der Waals surface area (Å²) in [4.78, 5) is 11.3. The molecule has 0 heterocycles. The molecule has 4 rings (SSSR count). The predicted octanol–water partition coefficient (Wildman–Crippen LogP) is 7.24. The summed E-state index contributed by atoms with van der Waals surface area (Å²) in [5.41, 5.74) is 5.22. The van der Waals surface area contributed by atoms with E-state index in [2.05, 4.69) is 50.8 Å². The highest BCUT2D eigenvalue weighted by Gasteiger charge is 2.38. The van der Waals surface area contributed by atoms with Crippen LogP contribution in [-0.2, 0) is 5.41 Å². The molecule has 3 nitrogen and oxygen atoms in total. The fraction of sp³-hybridized carbons (Fsp3) is 0.321. The van der Waals surface area contributed by atoms with Crippen molar-refractivity contribution >= 4 is 16.7 Å². The monoisotopic (exact) mass is 414 g/mol. The molecular formula is C28H30O3. The van der Waals surface area contributed by atoms with Gasteiger partial charge in [0.05, 0.1) is 12.7 Å². The number of ether oxygens (including phenoxy) is 1. The quantitative estimate of drug-likeness (QED) is 0.448. The van der Waals surface area contributed by atoms with Crippen LogP contribution in [0.25, 0.3) is 21.9 Å². The number of benzene rings is 3. The van der Waals surface area contributed by atoms with Gasteiger partial charge in [0.25, 0.3) is 0 Å². The number of hydrogen-bond acceptors (Lipinski definition) is 2. The lowest BCUT2D eigenvalue weighted by atomic mass is 9.63. The number of rotatable bonds is 5. The van der Waals surface area contributed by atoms with Crippen LogP contribution in [0, 0.1) is 5.92 Å². The topological polar surface area (TPSA) is 46.5 Å². The molecule has 0 aliphatic heterocycles. The molecule has 2 unspecified atom stereocenters. The summed E-state index contributed by atoms with van der Waals surface area (Å²) >= 11 is 0. The normalized spacial score (nSPS) is 21.3. The molecule has 0 amide bonds. The number of aromatic carboxylic acids is 1. The van der Waals surface area contributed by atoms with Crippen molar-refractivity contribution in [3.05, 3.63) is 77.9 Å². The van der Waals surface area contributed by atoms with E-state index in [1.54, 1.807) is 19.2 Å². The lowest BCUT2D eigenvalue weighted by molar-refractivity contribution is 0.0697. The van der Waals surface area contributed by atoms with Crippen LogP contribution in [-0.4, -0.2) is 18.2 Å². The second-order valence-corrected chi connectivity index (χ2v) is 9.07. The van der Waals surface area contributed by atoms with Gasteiger partial charge >= 0.3 is 5.97 Å². The van der Waals surface area contributed by atoms with E-state index in [9.17, 15) is 9.90 Å². The van der Waals surface area contributed by atoms with E-state index in [1.807, 2.05) is 12.1 Å². The molecule has 1 saturated carbocycles. The molecular weight excluding hydrogens is 384 g/mol. The zero-order valence-corrected chi connectivity index (χ0v) is 18.6. The fourth-order valence-electron chi connectivity index (χ4n) is 5.38. The molecule has 3 aromatic rings. The van der Waals surface area contributed by atoms with Gasteiger partial charge in [0.1, 0.15) is 5.75 Å². The van der Waals surface area contributed by atoms with Gasteiger partial charge in [-0.3, -0.25) is 0 Å². The first-order valence-corrected chi connectivity index (χ1v) is 11.0. The standard InChI is InChI=1S/C28H30O3/c1-5-28(16-18(2)12-19(3)17-28)25-15-23(10-11-26(25)31-4)21-6-7-22-14-24(27(29)30)9-8-20(22)13-21/h6-11,13-15,19H,2,5,12,16-17H2,1,3-4H3,(H,29,30). The van der Waals surface area contributed by atoms with E-state index < -0.39 is 5.97 Å². The van der Waals surface area contributed by atoms with Crippen molar-refractivity contribution in [1.29, 1.82) is 0 Å². The SMILES string of the molecule is C=C1CC(C)CC(CC)(c2cc(-c3ccc4cc(C(=O)O)ccc4c3)ccc2OC)C1. The maximum Gasteiger partial charge on any atom is 0.335 e. The van der Waals surface area contributed by atoms with E-state index in [1.165, 1.54) is 11.1 Å². The largest absolute Gasteiger partial charge is 0.496 e. The van der Waals surface area contributed by atoms with Gasteiger partial charge in [0, 0.05) is 11.0 Å². The minimum absolute atomic E-state index is 0.0450. The van der Waals surface area contributed by atoms with Crippen molar-refractivity contribution in [1.82, 2.24) is 0 Å². The highest BCUT2D eigenvalue weighted by Crippen LogP contribution is 2.49. The third-order valence-electron chi connectivity index (χ3n) is 6.83. The van der Waals surface area contributed by atoms with Crippen LogP contribution < -0.4 is 4.74 Å². The highest BCUT2D eigenvalue weighted by molar-refractivity contribution is 5.95. The van der Waals surface area contributed by atoms with Gasteiger partial charge in [-0.05, 0) is 83.8 Å². The van der Waals surface area contributed by atoms with Crippen molar-refractivity contribution in [2.45, 2.75) is 44.9 Å². The van der Waals surface area contributed by atoms with E-state index in [-0.39, 0.29) is 5.41 Å². The van der Waals surface area contributed by atoms with Crippen LogP contribution in [0.2, 0.25) is 0 Å². The maximum absolute atomic E-state index is 11.3. The van der Waals surface area contributed by atoms with E-state index in [4.69, 9.17) is 4.74 Å². The van der Waals surface area contributed by atoms with Gasteiger partial charge in [-0.15, -0.1) is 0 Å². The van der Waals surface area contributed by atoms with Crippen LogP contribution in [0.15, 0.2) is 66.7 Å². The number of carbonyl (C=O) groups is 1. The van der Waals surface area contributed by atoms with Gasteiger partial charge < -0.3 is 9.84 Å². The molecule has 0 bridgehead atoms. The molecule has 3 aromatic carbocycles. The molecule has 1 fully saturated rings. The Morgan fingerprint density at radius 1 is 1.10 bits per heavy atom. The fourth-order valence-corrected chi connectivity index (χ4v) is 5.38. The minimum Gasteiger partial charge on any atom is -0.496 e. The molecule has 31 heavy (non-hydrogen) atoms. The molecule has 1 aliphatic rings. The molecule has 0 saturated heterocycles. The van der Waals surface area contributed by atoms with Gasteiger partial charge in [-0.2, -0.15) is 0 Å². The lowest BCUT2D eigenvalue weighted by Crippen LogP contribution is -2.33. The third kappa shape index (κ3) is 3.97. The Morgan fingerprint density at radius 2 is 1.77 bits per heavy atom. The first-order valence-electron chi connectivity index (χ1n) is 11.0. The minimum atomic E-state index is -0.904. The van der Waals surface area contributed by atoms with Crippen LogP contribution >= 0.6 is 0 Å². The Labute approximate surface area is 184 Å². The van der Waals surface area contributed by atoms with Crippen molar-refractivity contribution in [2.75, 3.05) is 7.11 Å². The Hall–Kier alpha value is -3.07. The van der Waals surface area contributed by atoms with Crippen LogP contribution in [0.4, 0.5) is 0 Å². The van der Waals surface area contributed by atoms with E-state index in [0.29, 0.717) is 11.5 Å². The molecule has 1 aliphatic carbocycles. The summed E-state index contributed by atoms with van der Waals surface area (Å²) < 4.78 is 5.81. The average Bonchev–Trinajstić information content (AvgIpc) is 2.77. The second kappa shape index (κ2) is 8.22. The summed E-state index contributed by atoms with van der Waals surface area (Å²) in [6.45, 7) is 8.93. The number of fused-ring (bicyclic) bond motifs is 1. The van der Waals surface area contributed by atoms with Gasteiger partial charge in [-0.1, -0.05) is 50.3 Å². The molecule has 3 heteroatoms. The summed E-state index contributed by atoms with van der Waals surface area (Å²) in [7, 11) is 1.75. The summed E-state index contributed by atoms with van der Waals surface area (Å²) in [6, 6.07) is 18.0. The number of hydrogen-bond donors (Lipinski definition) is 1. The summed E-state index contributed by atoms with van der Waals surface area (Å²) in [6.07, 6.45) is 4.29. The maximum atomic E-state index is 11.3. The Balaban J connectivity index is 1.81. The number of carboxylic acids is 1. The number of carboxylic acid groups (broad SMARTS) is 1. The van der Waals surface area contributed by atoms with Crippen LogP contribution in [0.5, 0.6) is 5.75 Å². The smallest absolute Gasteiger partial charge is 0.335 e. The van der Waals surface area contributed by atoms with Gasteiger partial charge in [-0.25, -0.2) is 4.79 Å². The number of methoxy groups -OCH3 is 1. The average molecular weight is 415 g/mol. The molecule has 0 radical (unpaired) electrons. The van der Waals surface area contributed by atoms with Gasteiger partial charge in [0.2, 0.25) is 0 Å². The van der Waals surface area contributed by atoms with Crippen LogP contribution in [0.3, 0.4) is 0 Å². The van der Waals surface area contributed by atoms with Crippen LogP contribution in [0.1, 0.15) is 55.5 Å². The molecule has 0 aromatic heterocycles. The van der Waals surface area contributed by atoms with Crippen molar-refractivity contribution in [3.63, 3.8) is 0 Å². The third-order valence-corrected chi connectivity index (χ3v) is 6.83. The zero-order chi connectivity index (χ0) is 22.2. The van der Waals surface area contributed by atoms with Crippen molar-refractivity contribution in [3.8, 4) is 16.9 Å². The summed E-state index contributed by atoms with van der Waals surface area (Å²) in [5, 5.41) is 11.2. The molecule has 1 N–H and O–H groups in total. The first kappa shape index (κ1) is 21.2. The Morgan fingerprint density at radius 3 is 2.45 bits per heavy atom. The van der Waals surface area contributed by atoms with Crippen molar-refractivity contribution < 1.29 is 14.6 Å². The Bertz CT molecular complexity index is 1160.